The fourth-order valence-corrected chi connectivity index (χ4v) is 6.14. The fraction of sp³-hybridized carbons (Fsp3) is 0.400. The number of amides is 4. The summed E-state index contributed by atoms with van der Waals surface area (Å²) in [5.41, 5.74) is 0.980. The molecule has 2 aromatic carbocycles. The Balaban J connectivity index is 1.38. The van der Waals surface area contributed by atoms with E-state index in [9.17, 15) is 22.8 Å². The molecule has 2 fully saturated rings. The summed E-state index contributed by atoms with van der Waals surface area (Å²) in [5.74, 6) is -0.426. The number of para-hydroxylation sites is 1. The van der Waals surface area contributed by atoms with Crippen molar-refractivity contribution in [3.05, 3.63) is 60.2 Å². The number of rotatable bonds is 7. The molecule has 0 saturated carbocycles. The predicted molar refractivity (Wildman–Crippen MR) is 132 cm³/mol. The van der Waals surface area contributed by atoms with Crippen molar-refractivity contribution in [3.8, 4) is 0 Å². The van der Waals surface area contributed by atoms with Crippen LogP contribution in [0, 0.1) is 0 Å². The van der Waals surface area contributed by atoms with Crippen LogP contribution < -0.4 is 4.90 Å². The average molecular weight is 499 g/mol. The van der Waals surface area contributed by atoms with E-state index < -0.39 is 10.0 Å². The van der Waals surface area contributed by atoms with Gasteiger partial charge in [-0.1, -0.05) is 32.0 Å². The number of urea groups is 1. The van der Waals surface area contributed by atoms with Gasteiger partial charge in [-0.05, 0) is 49.2 Å². The number of sulfonamides is 1. The molecule has 0 bridgehead atoms. The second kappa shape index (κ2) is 10.2. The molecular formula is C25H30N4O5S. The second-order valence-electron chi connectivity index (χ2n) is 8.61. The van der Waals surface area contributed by atoms with Gasteiger partial charge in [-0.15, -0.1) is 0 Å². The molecule has 9 nitrogen and oxygen atoms in total. The monoisotopic (exact) mass is 498 g/mol. The topological polar surface area (TPSA) is 98.3 Å². The van der Waals surface area contributed by atoms with E-state index in [1.165, 1.54) is 21.3 Å². The summed E-state index contributed by atoms with van der Waals surface area (Å²) in [5, 5.41) is 0. The third-order valence-corrected chi connectivity index (χ3v) is 8.71. The summed E-state index contributed by atoms with van der Waals surface area (Å²) < 4.78 is 26.7. The summed E-state index contributed by atoms with van der Waals surface area (Å²) in [6.07, 6.45) is 1.14. The minimum Gasteiger partial charge on any atom is -0.338 e. The van der Waals surface area contributed by atoms with Gasteiger partial charge in [0.15, 0.2) is 0 Å². The molecule has 2 aliphatic heterocycles. The van der Waals surface area contributed by atoms with Crippen molar-refractivity contribution in [2.75, 3.05) is 37.6 Å². The molecule has 10 heteroatoms. The van der Waals surface area contributed by atoms with Crippen molar-refractivity contribution in [2.45, 2.75) is 37.6 Å². The SMILES string of the molecule is CCN(CC)S(=O)(=O)c1ccc(C(=O)N2CCC(N3CC(=O)N(c4ccccc4)C3=O)CC2)cc1. The highest BCUT2D eigenvalue weighted by molar-refractivity contribution is 7.89. The molecule has 186 valence electrons. The molecular weight excluding hydrogens is 468 g/mol. The molecule has 0 radical (unpaired) electrons. The van der Waals surface area contributed by atoms with Gasteiger partial charge in [0.05, 0.1) is 10.6 Å². The van der Waals surface area contributed by atoms with Gasteiger partial charge in [0.2, 0.25) is 10.0 Å². The van der Waals surface area contributed by atoms with Gasteiger partial charge < -0.3 is 9.80 Å². The van der Waals surface area contributed by atoms with Crippen LogP contribution in [0.25, 0.3) is 0 Å². The molecule has 2 aliphatic rings. The molecule has 0 N–H and O–H groups in total. The lowest BCUT2D eigenvalue weighted by atomic mass is 10.0. The zero-order chi connectivity index (χ0) is 25.2. The van der Waals surface area contributed by atoms with Gasteiger partial charge in [0.25, 0.3) is 11.8 Å². The van der Waals surface area contributed by atoms with Gasteiger partial charge in [0.1, 0.15) is 6.54 Å². The van der Waals surface area contributed by atoms with Crippen molar-refractivity contribution >= 4 is 33.6 Å². The maximum atomic E-state index is 13.0. The number of hydrogen-bond acceptors (Lipinski definition) is 5. The Bertz CT molecular complexity index is 1190. The summed E-state index contributed by atoms with van der Waals surface area (Å²) in [7, 11) is -3.58. The number of hydrogen-bond donors (Lipinski definition) is 0. The molecule has 0 aliphatic carbocycles. The number of likely N-dealkylation sites (tertiary alicyclic amines) is 1. The smallest absolute Gasteiger partial charge is 0.332 e. The Morgan fingerprint density at radius 3 is 2.11 bits per heavy atom. The third-order valence-electron chi connectivity index (χ3n) is 6.64. The Morgan fingerprint density at radius 1 is 0.943 bits per heavy atom. The first-order chi connectivity index (χ1) is 16.8. The average Bonchev–Trinajstić information content (AvgIpc) is 3.18. The Labute approximate surface area is 206 Å². The molecule has 4 rings (SSSR count). The van der Waals surface area contributed by atoms with E-state index in [1.807, 2.05) is 6.07 Å². The highest BCUT2D eigenvalue weighted by Gasteiger charge is 2.41. The van der Waals surface area contributed by atoms with Gasteiger partial charge >= 0.3 is 6.03 Å². The first-order valence-electron chi connectivity index (χ1n) is 11.9. The highest BCUT2D eigenvalue weighted by atomic mass is 32.2. The maximum Gasteiger partial charge on any atom is 0.332 e. The van der Waals surface area contributed by atoms with E-state index in [0.717, 1.165) is 0 Å². The van der Waals surface area contributed by atoms with Crippen molar-refractivity contribution in [1.82, 2.24) is 14.1 Å². The number of carbonyl (C=O) groups is 3. The number of carbonyl (C=O) groups excluding carboxylic acids is 3. The first-order valence-corrected chi connectivity index (χ1v) is 13.3. The Morgan fingerprint density at radius 2 is 1.54 bits per heavy atom. The molecule has 0 spiro atoms. The largest absolute Gasteiger partial charge is 0.338 e. The third kappa shape index (κ3) is 4.81. The van der Waals surface area contributed by atoms with Gasteiger partial charge in [-0.2, -0.15) is 4.31 Å². The molecule has 2 saturated heterocycles. The summed E-state index contributed by atoms with van der Waals surface area (Å²) >= 11 is 0. The first kappa shape index (κ1) is 24.9. The van der Waals surface area contributed by atoms with Crippen LogP contribution in [0.15, 0.2) is 59.5 Å². The zero-order valence-electron chi connectivity index (χ0n) is 20.0. The van der Waals surface area contributed by atoms with Crippen LogP contribution in [0.5, 0.6) is 0 Å². The lowest BCUT2D eigenvalue weighted by Crippen LogP contribution is -2.48. The van der Waals surface area contributed by atoms with Gasteiger partial charge in [-0.3, -0.25) is 9.59 Å². The van der Waals surface area contributed by atoms with Crippen LogP contribution in [-0.2, 0) is 14.8 Å². The molecule has 0 aromatic heterocycles. The van der Waals surface area contributed by atoms with E-state index in [-0.39, 0.29) is 35.3 Å². The van der Waals surface area contributed by atoms with Crippen LogP contribution in [0.2, 0.25) is 0 Å². The number of nitrogens with zero attached hydrogens (tertiary/aromatic N) is 4. The normalized spacial score (nSPS) is 17.5. The van der Waals surface area contributed by atoms with E-state index in [0.29, 0.717) is 50.3 Å². The number of imide groups is 1. The highest BCUT2D eigenvalue weighted by Crippen LogP contribution is 2.27. The van der Waals surface area contributed by atoms with E-state index in [2.05, 4.69) is 0 Å². The number of benzene rings is 2. The molecule has 2 heterocycles. The van der Waals surface area contributed by atoms with Crippen molar-refractivity contribution in [3.63, 3.8) is 0 Å². The lowest BCUT2D eigenvalue weighted by molar-refractivity contribution is -0.116. The Kier molecular flexibility index (Phi) is 7.23. The van der Waals surface area contributed by atoms with Crippen molar-refractivity contribution in [2.24, 2.45) is 0 Å². The molecule has 0 unspecified atom stereocenters. The van der Waals surface area contributed by atoms with Crippen molar-refractivity contribution < 1.29 is 22.8 Å². The minimum atomic E-state index is -3.58. The van der Waals surface area contributed by atoms with Gasteiger partial charge in [-0.25, -0.2) is 18.1 Å². The molecule has 2 aromatic rings. The summed E-state index contributed by atoms with van der Waals surface area (Å²) in [6.45, 7) is 5.26. The minimum absolute atomic E-state index is 0.0365. The maximum absolute atomic E-state index is 13.0. The van der Waals surface area contributed by atoms with E-state index in [1.54, 1.807) is 60.0 Å². The van der Waals surface area contributed by atoms with Crippen LogP contribution in [0.3, 0.4) is 0 Å². The molecule has 4 amide bonds. The van der Waals surface area contributed by atoms with Crippen LogP contribution >= 0.6 is 0 Å². The zero-order valence-corrected chi connectivity index (χ0v) is 20.8. The van der Waals surface area contributed by atoms with Crippen LogP contribution in [0.1, 0.15) is 37.0 Å². The summed E-state index contributed by atoms with van der Waals surface area (Å²) in [6, 6.07) is 14.5. The molecule has 35 heavy (non-hydrogen) atoms. The number of piperidine rings is 1. The van der Waals surface area contributed by atoms with Crippen molar-refractivity contribution in [1.29, 1.82) is 0 Å². The molecule has 0 atom stereocenters. The van der Waals surface area contributed by atoms with Crippen LogP contribution in [0.4, 0.5) is 10.5 Å². The predicted octanol–water partition coefficient (Wildman–Crippen LogP) is 2.79. The number of anilines is 1. The fourth-order valence-electron chi connectivity index (χ4n) is 4.68. The van der Waals surface area contributed by atoms with Gasteiger partial charge in [0, 0.05) is 37.8 Å². The second-order valence-corrected chi connectivity index (χ2v) is 10.6. The standard InChI is InChI=1S/C25H30N4O5S/c1-3-27(4-2)35(33,34)22-12-10-19(11-13-22)24(31)26-16-14-20(15-17-26)28-18-23(30)29(25(28)32)21-8-6-5-7-9-21/h5-13,20H,3-4,14-18H2,1-2H3. The van der Waals surface area contributed by atoms with E-state index >= 15 is 0 Å². The quantitative estimate of drug-likeness (QED) is 0.547. The van der Waals surface area contributed by atoms with E-state index in [4.69, 9.17) is 0 Å². The summed E-state index contributed by atoms with van der Waals surface area (Å²) in [4.78, 5) is 43.2. The van der Waals surface area contributed by atoms with Crippen LogP contribution in [-0.4, -0.2) is 79.1 Å². The lowest BCUT2D eigenvalue weighted by Gasteiger charge is -2.36. The Hall–Kier alpha value is -3.24.